The molecule has 1 aromatic rings. The zero-order valence-corrected chi connectivity index (χ0v) is 15.5. The van der Waals surface area contributed by atoms with Crippen molar-refractivity contribution in [3.05, 3.63) is 63.4 Å². The lowest BCUT2D eigenvalue weighted by Gasteiger charge is -2.36. The number of fused-ring (bicyclic) bond motifs is 1. The lowest BCUT2D eigenvalue weighted by molar-refractivity contribution is -0.385. The molecule has 0 saturated heterocycles. The predicted molar refractivity (Wildman–Crippen MR) is 90.8 cm³/mol. The summed E-state index contributed by atoms with van der Waals surface area (Å²) in [5.74, 6) is -2.68. The minimum absolute atomic E-state index is 0.225. The average molecular weight is 450 g/mol. The average Bonchev–Trinajstić information content (AvgIpc) is 2.93. The van der Waals surface area contributed by atoms with Gasteiger partial charge in [0.2, 0.25) is 0 Å². The number of nitro groups is 1. The molecule has 2 unspecified atom stereocenters. The van der Waals surface area contributed by atoms with Crippen molar-refractivity contribution in [2.75, 3.05) is 0 Å². The van der Waals surface area contributed by atoms with Gasteiger partial charge in [-0.15, -0.1) is 0 Å². The van der Waals surface area contributed by atoms with Crippen molar-refractivity contribution < 1.29 is 45.6 Å². The van der Waals surface area contributed by atoms with Crippen molar-refractivity contribution >= 4 is 17.5 Å². The number of allylic oxidation sites excluding steroid dienone is 1. The standard InChI is InChI=1S/C18H12F6N2O5/c1-16(7-5-9(6-8-16)31-18(23,24)15(19)17(20,21)22)25-13(27)10-3-2-4-11(26(29)30)12(10)14(25)28/h2-7,15H,8H2,1H3. The van der Waals surface area contributed by atoms with E-state index in [1.54, 1.807) is 0 Å². The highest BCUT2D eigenvalue weighted by Gasteiger charge is 2.59. The van der Waals surface area contributed by atoms with Crippen molar-refractivity contribution in [1.29, 1.82) is 0 Å². The first-order valence-corrected chi connectivity index (χ1v) is 8.52. The Morgan fingerprint density at radius 2 is 1.84 bits per heavy atom. The lowest BCUT2D eigenvalue weighted by Crippen LogP contribution is -2.49. The molecular formula is C18H12F6N2O5. The first kappa shape index (κ1) is 22.3. The summed E-state index contributed by atoms with van der Waals surface area (Å²) in [7, 11) is 0. The van der Waals surface area contributed by atoms with Crippen molar-refractivity contribution in [2.45, 2.75) is 37.3 Å². The molecule has 31 heavy (non-hydrogen) atoms. The zero-order chi connectivity index (χ0) is 23.4. The van der Waals surface area contributed by atoms with Gasteiger partial charge in [0.05, 0.1) is 16.0 Å². The van der Waals surface area contributed by atoms with Crippen LogP contribution in [0, 0.1) is 10.1 Å². The van der Waals surface area contributed by atoms with Gasteiger partial charge < -0.3 is 4.74 Å². The van der Waals surface area contributed by atoms with Crippen LogP contribution in [0.5, 0.6) is 0 Å². The van der Waals surface area contributed by atoms with E-state index in [1.165, 1.54) is 19.1 Å². The molecule has 2 aliphatic rings. The number of carbonyl (C=O) groups is 2. The molecule has 1 heterocycles. The Kier molecular flexibility index (Phi) is 5.11. The van der Waals surface area contributed by atoms with Crippen LogP contribution in [0.3, 0.4) is 0 Å². The zero-order valence-electron chi connectivity index (χ0n) is 15.5. The number of carbonyl (C=O) groups excluding carboxylic acids is 2. The van der Waals surface area contributed by atoms with Gasteiger partial charge in [0, 0.05) is 6.07 Å². The van der Waals surface area contributed by atoms with E-state index in [1.807, 2.05) is 0 Å². The topological polar surface area (TPSA) is 89.8 Å². The van der Waals surface area contributed by atoms with Crippen LogP contribution in [-0.4, -0.2) is 45.6 Å². The third-order valence-corrected chi connectivity index (χ3v) is 4.76. The van der Waals surface area contributed by atoms with E-state index in [0.29, 0.717) is 4.90 Å². The molecule has 0 radical (unpaired) electrons. The number of hydrogen-bond donors (Lipinski definition) is 0. The number of rotatable bonds is 5. The van der Waals surface area contributed by atoms with Gasteiger partial charge in [-0.05, 0) is 31.6 Å². The van der Waals surface area contributed by atoms with E-state index in [2.05, 4.69) is 4.74 Å². The highest BCUT2D eigenvalue weighted by Crippen LogP contribution is 2.41. The molecular weight excluding hydrogens is 438 g/mol. The molecule has 166 valence electrons. The largest absolute Gasteiger partial charge is 0.439 e. The lowest BCUT2D eigenvalue weighted by atomic mass is 9.91. The predicted octanol–water partition coefficient (Wildman–Crippen LogP) is 4.30. The van der Waals surface area contributed by atoms with Crippen LogP contribution in [0.4, 0.5) is 32.0 Å². The summed E-state index contributed by atoms with van der Waals surface area (Å²) in [4.78, 5) is 36.5. The Hall–Kier alpha value is -3.38. The summed E-state index contributed by atoms with van der Waals surface area (Å²) in [5.41, 5.74) is -2.75. The number of alkyl halides is 6. The number of hydrogen-bond acceptors (Lipinski definition) is 5. The number of ether oxygens (including phenoxy) is 1. The van der Waals surface area contributed by atoms with E-state index >= 15 is 0 Å². The van der Waals surface area contributed by atoms with Crippen molar-refractivity contribution in [1.82, 2.24) is 4.90 Å². The second-order valence-electron chi connectivity index (χ2n) is 6.97. The number of halogens is 6. The molecule has 0 spiro atoms. The molecule has 0 saturated carbocycles. The third-order valence-electron chi connectivity index (χ3n) is 4.76. The van der Waals surface area contributed by atoms with Gasteiger partial charge in [-0.2, -0.15) is 22.0 Å². The van der Waals surface area contributed by atoms with Gasteiger partial charge in [-0.25, -0.2) is 4.39 Å². The molecule has 1 aromatic carbocycles. The molecule has 13 heteroatoms. The van der Waals surface area contributed by atoms with Crippen LogP contribution in [0.2, 0.25) is 0 Å². The van der Waals surface area contributed by atoms with E-state index in [9.17, 15) is 46.0 Å². The number of nitrogens with zero attached hydrogens (tertiary/aromatic N) is 2. The van der Waals surface area contributed by atoms with Crippen molar-refractivity contribution in [2.24, 2.45) is 0 Å². The maximum Gasteiger partial charge on any atom is 0.439 e. The van der Waals surface area contributed by atoms with Crippen LogP contribution in [0.1, 0.15) is 34.1 Å². The fraction of sp³-hybridized carbons (Fsp3) is 0.333. The maximum atomic E-state index is 13.4. The molecule has 0 aromatic heterocycles. The molecule has 3 rings (SSSR count). The smallest absolute Gasteiger partial charge is 0.430 e. The highest BCUT2D eigenvalue weighted by molar-refractivity contribution is 6.23. The Labute approximate surface area is 169 Å². The van der Waals surface area contributed by atoms with E-state index < -0.39 is 57.7 Å². The number of nitro benzene ring substituents is 1. The second kappa shape index (κ2) is 7.10. The van der Waals surface area contributed by atoms with Gasteiger partial charge in [0.15, 0.2) is 0 Å². The monoisotopic (exact) mass is 450 g/mol. The normalized spacial score (nSPS) is 22.3. The number of benzene rings is 1. The van der Waals surface area contributed by atoms with Crippen LogP contribution in [0.15, 0.2) is 42.2 Å². The maximum absolute atomic E-state index is 13.4. The Morgan fingerprint density at radius 1 is 1.19 bits per heavy atom. The van der Waals surface area contributed by atoms with Crippen LogP contribution >= 0.6 is 0 Å². The number of amides is 2. The fourth-order valence-corrected chi connectivity index (χ4v) is 3.23. The van der Waals surface area contributed by atoms with Crippen LogP contribution in [-0.2, 0) is 4.74 Å². The van der Waals surface area contributed by atoms with E-state index in [4.69, 9.17) is 0 Å². The molecule has 0 fully saturated rings. The SMILES string of the molecule is CC1(N2C(=O)c3cccc([N+](=O)[O-])c3C2=O)C=CC(OC(F)(F)C(F)C(F)(F)F)=CC1. The highest BCUT2D eigenvalue weighted by atomic mass is 19.4. The Bertz CT molecular complexity index is 1030. The van der Waals surface area contributed by atoms with Crippen molar-refractivity contribution in [3.8, 4) is 0 Å². The fourth-order valence-electron chi connectivity index (χ4n) is 3.23. The molecule has 0 bridgehead atoms. The van der Waals surface area contributed by atoms with E-state index in [-0.39, 0.29) is 12.0 Å². The first-order chi connectivity index (χ1) is 14.2. The van der Waals surface area contributed by atoms with Gasteiger partial charge in [-0.1, -0.05) is 12.1 Å². The Balaban J connectivity index is 1.84. The van der Waals surface area contributed by atoms with Gasteiger partial charge in [-0.3, -0.25) is 24.6 Å². The quantitative estimate of drug-likeness (QED) is 0.289. The van der Waals surface area contributed by atoms with Crippen molar-refractivity contribution in [3.63, 3.8) is 0 Å². The van der Waals surface area contributed by atoms with Gasteiger partial charge in [0.1, 0.15) is 11.3 Å². The van der Waals surface area contributed by atoms with Crippen LogP contribution < -0.4 is 0 Å². The second-order valence-corrected chi connectivity index (χ2v) is 6.97. The molecule has 7 nitrogen and oxygen atoms in total. The minimum Gasteiger partial charge on any atom is -0.430 e. The van der Waals surface area contributed by atoms with Gasteiger partial charge >= 0.3 is 12.3 Å². The Morgan fingerprint density at radius 3 is 2.35 bits per heavy atom. The first-order valence-electron chi connectivity index (χ1n) is 8.52. The summed E-state index contributed by atoms with van der Waals surface area (Å²) < 4.78 is 80.4. The molecule has 1 aliphatic carbocycles. The molecule has 2 atom stereocenters. The summed E-state index contributed by atoms with van der Waals surface area (Å²) in [6.45, 7) is 1.33. The molecule has 0 N–H and O–H groups in total. The number of imide groups is 1. The summed E-state index contributed by atoms with van der Waals surface area (Å²) in [6.07, 6.45) is -13.4. The molecule has 2 amide bonds. The summed E-state index contributed by atoms with van der Waals surface area (Å²) in [5, 5.41) is 11.2. The minimum atomic E-state index is -5.86. The van der Waals surface area contributed by atoms with Crippen LogP contribution in [0.25, 0.3) is 0 Å². The summed E-state index contributed by atoms with van der Waals surface area (Å²) >= 11 is 0. The van der Waals surface area contributed by atoms with E-state index in [0.717, 1.165) is 24.3 Å². The summed E-state index contributed by atoms with van der Waals surface area (Å²) in [6, 6.07) is 3.46. The molecule has 1 aliphatic heterocycles. The van der Waals surface area contributed by atoms with Gasteiger partial charge in [0.25, 0.3) is 23.7 Å². The third kappa shape index (κ3) is 3.75.